The van der Waals surface area contributed by atoms with Gasteiger partial charge in [0.15, 0.2) is 5.37 Å². The monoisotopic (exact) mass is 389 g/mol. The van der Waals surface area contributed by atoms with Gasteiger partial charge in [0.05, 0.1) is 4.90 Å². The highest BCUT2D eigenvalue weighted by molar-refractivity contribution is 7.86. The highest BCUT2D eigenvalue weighted by Crippen LogP contribution is 2.24. The van der Waals surface area contributed by atoms with Gasteiger partial charge in [-0.2, -0.15) is 16.8 Å². The van der Waals surface area contributed by atoms with Crippen LogP contribution in [0.3, 0.4) is 0 Å². The molecule has 0 fully saturated rings. The van der Waals surface area contributed by atoms with Crippen molar-refractivity contribution in [3.05, 3.63) is 42.5 Å². The molecule has 8 nitrogen and oxygen atoms in total. The molecule has 0 saturated carbocycles. The predicted molar refractivity (Wildman–Crippen MR) is 93.7 cm³/mol. The molecule has 138 valence electrons. The first-order chi connectivity index (χ1) is 11.3. The minimum atomic E-state index is -4.55. The molecule has 3 N–H and O–H groups in total. The summed E-state index contributed by atoms with van der Waals surface area (Å²) < 4.78 is 63.6. The molecule has 0 aliphatic heterocycles. The van der Waals surface area contributed by atoms with E-state index < -0.39 is 42.3 Å². The van der Waals surface area contributed by atoms with Gasteiger partial charge in [-0.05, 0) is 29.2 Å². The van der Waals surface area contributed by atoms with Crippen molar-refractivity contribution in [2.24, 2.45) is 5.92 Å². The van der Waals surface area contributed by atoms with Crippen LogP contribution in [0.25, 0.3) is 11.6 Å². The van der Waals surface area contributed by atoms with Crippen LogP contribution in [0.2, 0.25) is 0 Å². The molecule has 1 aromatic carbocycles. The van der Waals surface area contributed by atoms with Gasteiger partial charge in [0.2, 0.25) is 0 Å². The van der Waals surface area contributed by atoms with Crippen LogP contribution in [-0.4, -0.2) is 37.2 Å². The minimum Gasteiger partial charge on any atom is -0.333 e. The molecule has 1 amide bonds. The third-order valence-corrected chi connectivity index (χ3v) is 5.50. The summed E-state index contributed by atoms with van der Waals surface area (Å²) in [5, 5.41) is 0.580. The fraction of sp³-hybridized carbons (Fsp3) is 0.267. The van der Waals surface area contributed by atoms with E-state index in [0.717, 1.165) is 12.1 Å². The Kier molecular flexibility index (Phi) is 6.29. The second-order valence-electron chi connectivity index (χ2n) is 5.56. The smallest absolute Gasteiger partial charge is 0.294 e. The van der Waals surface area contributed by atoms with E-state index in [1.54, 1.807) is 0 Å². The minimum absolute atomic E-state index is 0.0421. The Morgan fingerprint density at radius 2 is 1.76 bits per heavy atom. The lowest BCUT2D eigenvalue weighted by atomic mass is 10.00. The fourth-order valence-electron chi connectivity index (χ4n) is 2.06. The summed E-state index contributed by atoms with van der Waals surface area (Å²) in [6.45, 7) is 10.0. The number of nitrogens with one attached hydrogen (secondary N) is 1. The Balaban J connectivity index is 3.30. The van der Waals surface area contributed by atoms with Gasteiger partial charge < -0.3 is 5.32 Å². The molecule has 0 aliphatic carbocycles. The molecule has 0 radical (unpaired) electrons. The number of rotatable bonds is 7. The van der Waals surface area contributed by atoms with E-state index in [4.69, 9.17) is 4.55 Å². The number of benzene rings is 1. The fourth-order valence-corrected chi connectivity index (χ4v) is 3.51. The summed E-state index contributed by atoms with van der Waals surface area (Å²) >= 11 is 0. The number of amides is 1. The van der Waals surface area contributed by atoms with E-state index in [1.165, 1.54) is 26.0 Å². The van der Waals surface area contributed by atoms with Crippen LogP contribution in [0, 0.1) is 5.92 Å². The highest BCUT2D eigenvalue weighted by atomic mass is 32.2. The van der Waals surface area contributed by atoms with E-state index in [9.17, 15) is 26.2 Å². The lowest BCUT2D eigenvalue weighted by Crippen LogP contribution is -2.44. The average molecular weight is 389 g/mol. The van der Waals surface area contributed by atoms with Crippen LogP contribution >= 0.6 is 0 Å². The first-order valence-electron chi connectivity index (χ1n) is 6.99. The molecule has 10 heteroatoms. The van der Waals surface area contributed by atoms with Gasteiger partial charge in [0.25, 0.3) is 26.1 Å². The average Bonchev–Trinajstić information content (AvgIpc) is 2.48. The maximum Gasteiger partial charge on any atom is 0.294 e. The molecule has 1 atom stereocenters. The normalized spacial score (nSPS) is 13.3. The first kappa shape index (κ1) is 21.0. The van der Waals surface area contributed by atoms with Crippen LogP contribution in [0.5, 0.6) is 0 Å². The van der Waals surface area contributed by atoms with Gasteiger partial charge in [0, 0.05) is 5.57 Å². The molecule has 0 heterocycles. The van der Waals surface area contributed by atoms with Crippen LogP contribution in [0.1, 0.15) is 25.0 Å². The number of carbonyl (C=O) groups is 1. The molecule has 1 unspecified atom stereocenters. The third-order valence-electron chi connectivity index (χ3n) is 3.34. The number of carbonyl (C=O) groups excluding carboxylic acids is 1. The summed E-state index contributed by atoms with van der Waals surface area (Å²) in [6.07, 6.45) is 1.34. The molecule has 0 aliphatic rings. The van der Waals surface area contributed by atoms with Crippen molar-refractivity contribution in [1.29, 1.82) is 0 Å². The summed E-state index contributed by atoms with van der Waals surface area (Å²) in [5.41, 5.74) is 0.135. The van der Waals surface area contributed by atoms with E-state index in [2.05, 4.69) is 18.5 Å². The van der Waals surface area contributed by atoms with Crippen molar-refractivity contribution >= 4 is 37.8 Å². The Labute approximate surface area is 146 Å². The molecule has 1 rings (SSSR count). The molecule has 0 saturated heterocycles. The van der Waals surface area contributed by atoms with Gasteiger partial charge in [-0.25, -0.2) is 0 Å². The molecule has 1 aromatic rings. The second-order valence-corrected chi connectivity index (χ2v) is 8.52. The van der Waals surface area contributed by atoms with Crippen molar-refractivity contribution in [3.63, 3.8) is 0 Å². The zero-order chi connectivity index (χ0) is 19.6. The van der Waals surface area contributed by atoms with E-state index in [-0.39, 0.29) is 11.1 Å². The van der Waals surface area contributed by atoms with Crippen LogP contribution in [-0.2, 0) is 25.0 Å². The zero-order valence-electron chi connectivity index (χ0n) is 13.6. The molecule has 0 aromatic heterocycles. The van der Waals surface area contributed by atoms with Gasteiger partial charge >= 0.3 is 0 Å². The van der Waals surface area contributed by atoms with Gasteiger partial charge in [-0.1, -0.05) is 39.1 Å². The highest BCUT2D eigenvalue weighted by Gasteiger charge is 2.29. The Hall–Kier alpha value is -2.01. The summed E-state index contributed by atoms with van der Waals surface area (Å²) in [5.74, 6) is -1.55. The lowest BCUT2D eigenvalue weighted by molar-refractivity contribution is -0.116. The largest absolute Gasteiger partial charge is 0.333 e. The van der Waals surface area contributed by atoms with Crippen LogP contribution < -0.4 is 5.32 Å². The molecular formula is C15H19NO7S2. The predicted octanol–water partition coefficient (Wildman–Crippen LogP) is 1.58. The van der Waals surface area contributed by atoms with Crippen molar-refractivity contribution in [3.8, 4) is 0 Å². The number of hydrogen-bond acceptors (Lipinski definition) is 5. The number of hydrogen-bond donors (Lipinski definition) is 3. The Morgan fingerprint density at radius 3 is 2.16 bits per heavy atom. The van der Waals surface area contributed by atoms with Crippen LogP contribution in [0.4, 0.5) is 0 Å². The molecule has 25 heavy (non-hydrogen) atoms. The summed E-state index contributed by atoms with van der Waals surface area (Å²) in [4.78, 5) is 11.8. The molecule has 0 bridgehead atoms. The Bertz CT molecular complexity index is 915. The topological polar surface area (TPSA) is 138 Å². The summed E-state index contributed by atoms with van der Waals surface area (Å²) in [7, 11) is -9.06. The van der Waals surface area contributed by atoms with E-state index in [0.29, 0.717) is 5.56 Å². The van der Waals surface area contributed by atoms with Crippen molar-refractivity contribution in [2.45, 2.75) is 24.1 Å². The Morgan fingerprint density at radius 1 is 1.20 bits per heavy atom. The van der Waals surface area contributed by atoms with Crippen molar-refractivity contribution in [2.75, 3.05) is 0 Å². The first-order valence-corrected chi connectivity index (χ1v) is 9.93. The van der Waals surface area contributed by atoms with Crippen LogP contribution in [0.15, 0.2) is 36.3 Å². The van der Waals surface area contributed by atoms with Crippen molar-refractivity contribution in [1.82, 2.24) is 5.32 Å². The van der Waals surface area contributed by atoms with Gasteiger partial charge in [-0.15, -0.1) is 0 Å². The van der Waals surface area contributed by atoms with Gasteiger partial charge in [-0.3, -0.25) is 13.9 Å². The van der Waals surface area contributed by atoms with Gasteiger partial charge in [0.1, 0.15) is 0 Å². The second kappa shape index (κ2) is 7.48. The zero-order valence-corrected chi connectivity index (χ0v) is 15.3. The van der Waals surface area contributed by atoms with E-state index >= 15 is 0 Å². The maximum absolute atomic E-state index is 12.3. The lowest BCUT2D eigenvalue weighted by Gasteiger charge is -2.20. The summed E-state index contributed by atoms with van der Waals surface area (Å²) in [6, 6.07) is 3.45. The maximum atomic E-state index is 12.3. The third kappa shape index (κ3) is 5.23. The van der Waals surface area contributed by atoms with E-state index in [1.807, 2.05) is 0 Å². The molecular weight excluding hydrogens is 370 g/mol. The standard InChI is InChI=1S/C15H19NO7S2/c1-5-11-6-7-12(24(18,19)20)8-13(11)10(4)14(17)16-15(9(2)3)25(21,22)23/h5-9,15H,1,4H2,2-3H3,(H,16,17)(H,18,19,20)(H,21,22,23). The van der Waals surface area contributed by atoms with Crippen molar-refractivity contribution < 1.29 is 30.7 Å². The molecule has 0 spiro atoms. The SMILES string of the molecule is C=Cc1ccc(S(=O)(=O)O)cc1C(=C)C(=O)NC(C(C)C)S(=O)(=O)O. The quantitative estimate of drug-likeness (QED) is 0.475.